The van der Waals surface area contributed by atoms with Crippen molar-refractivity contribution in [3.63, 3.8) is 0 Å². The molecule has 0 atom stereocenters. The van der Waals surface area contributed by atoms with Gasteiger partial charge in [-0.3, -0.25) is 0 Å². The second kappa shape index (κ2) is 5.55. The van der Waals surface area contributed by atoms with Crippen molar-refractivity contribution in [2.75, 3.05) is 5.73 Å². The van der Waals surface area contributed by atoms with Gasteiger partial charge in [0.15, 0.2) is 0 Å². The Morgan fingerprint density at radius 2 is 1.84 bits per heavy atom. The average molecular weight is 269 g/mol. The van der Waals surface area contributed by atoms with Crippen molar-refractivity contribution in [1.29, 1.82) is 0 Å². The minimum absolute atomic E-state index is 0.205. The average Bonchev–Trinajstić information content (AvgIpc) is 2.36. The van der Waals surface area contributed by atoms with Gasteiger partial charge in [0.2, 0.25) is 0 Å². The second-order valence-electron chi connectivity index (χ2n) is 5.14. The molecule has 1 aromatic carbocycles. The summed E-state index contributed by atoms with van der Waals surface area (Å²) >= 11 is 0. The summed E-state index contributed by atoms with van der Waals surface area (Å²) < 4.78 is 32.0. The number of nitrogens with two attached hydrogens (primary N) is 1. The van der Waals surface area contributed by atoms with Gasteiger partial charge >= 0.3 is 5.97 Å². The van der Waals surface area contributed by atoms with E-state index >= 15 is 0 Å². The monoisotopic (exact) mass is 269 g/mol. The lowest BCUT2D eigenvalue weighted by atomic mass is 9.89. The van der Waals surface area contributed by atoms with E-state index in [0.29, 0.717) is 5.92 Å². The highest BCUT2D eigenvalue weighted by Gasteiger charge is 2.24. The molecule has 1 aliphatic carbocycles. The zero-order chi connectivity index (χ0) is 14.0. The highest BCUT2D eigenvalue weighted by molar-refractivity contribution is 5.90. The number of carbonyl (C=O) groups excluding carboxylic acids is 1. The summed E-state index contributed by atoms with van der Waals surface area (Å²) in [4.78, 5) is 11.8. The van der Waals surface area contributed by atoms with E-state index in [1.807, 2.05) is 0 Å². The van der Waals surface area contributed by atoms with Crippen LogP contribution in [0.3, 0.4) is 0 Å². The van der Waals surface area contributed by atoms with E-state index in [0.717, 1.165) is 37.8 Å². The van der Waals surface area contributed by atoms with E-state index < -0.39 is 23.2 Å². The third kappa shape index (κ3) is 3.22. The predicted molar refractivity (Wildman–Crippen MR) is 67.6 cm³/mol. The molecule has 0 unspecified atom stereocenters. The van der Waals surface area contributed by atoms with Gasteiger partial charge in [-0.05, 0) is 37.7 Å². The minimum atomic E-state index is -0.854. The van der Waals surface area contributed by atoms with Gasteiger partial charge in [-0.1, -0.05) is 6.92 Å². The zero-order valence-corrected chi connectivity index (χ0v) is 10.8. The minimum Gasteiger partial charge on any atom is -0.459 e. The molecule has 0 radical (unpaired) electrons. The molecule has 1 saturated carbocycles. The molecule has 0 bridgehead atoms. The standard InChI is InChI=1S/C14H17F2NO2/c1-8-2-4-9(5-3-8)19-14(18)10-6-12(16)13(17)7-11(10)15/h6-9H,2-5,17H2,1H3. The van der Waals surface area contributed by atoms with E-state index in [2.05, 4.69) is 6.92 Å². The molecule has 1 aliphatic rings. The quantitative estimate of drug-likeness (QED) is 0.662. The highest BCUT2D eigenvalue weighted by atomic mass is 19.1. The first-order valence-corrected chi connectivity index (χ1v) is 6.43. The molecule has 2 N–H and O–H groups in total. The number of hydrogen-bond donors (Lipinski definition) is 1. The number of anilines is 1. The largest absolute Gasteiger partial charge is 0.459 e. The summed E-state index contributed by atoms with van der Waals surface area (Å²) in [5, 5.41) is 0. The number of hydrogen-bond acceptors (Lipinski definition) is 3. The molecule has 0 amide bonds. The van der Waals surface area contributed by atoms with Crippen LogP contribution in [-0.2, 0) is 4.74 Å². The highest BCUT2D eigenvalue weighted by Crippen LogP contribution is 2.27. The van der Waals surface area contributed by atoms with Crippen molar-refractivity contribution in [3.05, 3.63) is 29.3 Å². The number of ether oxygens (including phenoxy) is 1. The van der Waals surface area contributed by atoms with E-state index in [1.54, 1.807) is 0 Å². The number of carbonyl (C=O) groups is 1. The summed E-state index contributed by atoms with van der Waals surface area (Å²) in [5.41, 5.74) is 4.51. The van der Waals surface area contributed by atoms with Gasteiger partial charge in [-0.25, -0.2) is 13.6 Å². The molecule has 0 heterocycles. The lowest BCUT2D eigenvalue weighted by Gasteiger charge is -2.26. The Hall–Kier alpha value is -1.65. The van der Waals surface area contributed by atoms with Gasteiger partial charge in [0.25, 0.3) is 0 Å². The predicted octanol–water partition coefficient (Wildman–Crippen LogP) is 3.28. The molecular weight excluding hydrogens is 252 g/mol. The van der Waals surface area contributed by atoms with Gasteiger partial charge in [0.1, 0.15) is 17.7 Å². The molecule has 0 aliphatic heterocycles. The van der Waals surface area contributed by atoms with Crippen LogP contribution in [-0.4, -0.2) is 12.1 Å². The van der Waals surface area contributed by atoms with Crippen LogP contribution in [0.1, 0.15) is 43.0 Å². The maximum absolute atomic E-state index is 13.5. The third-order valence-electron chi connectivity index (χ3n) is 3.54. The van der Waals surface area contributed by atoms with E-state index in [-0.39, 0.29) is 11.8 Å². The first-order valence-electron chi connectivity index (χ1n) is 6.43. The molecule has 1 fully saturated rings. The van der Waals surface area contributed by atoms with E-state index in [1.165, 1.54) is 0 Å². The van der Waals surface area contributed by atoms with Crippen molar-refractivity contribution < 1.29 is 18.3 Å². The topological polar surface area (TPSA) is 52.3 Å². The number of nitrogen functional groups attached to an aromatic ring is 1. The summed E-state index contributed by atoms with van der Waals surface area (Å²) in [6, 6.07) is 1.59. The van der Waals surface area contributed by atoms with Gasteiger partial charge in [-0.2, -0.15) is 0 Å². The lowest BCUT2D eigenvalue weighted by Crippen LogP contribution is -2.24. The van der Waals surface area contributed by atoms with Crippen molar-refractivity contribution in [3.8, 4) is 0 Å². The molecule has 104 valence electrons. The number of rotatable bonds is 2. The van der Waals surface area contributed by atoms with Gasteiger partial charge in [0.05, 0.1) is 11.3 Å². The van der Waals surface area contributed by atoms with Crippen LogP contribution in [0.2, 0.25) is 0 Å². The Balaban J connectivity index is 2.06. The summed E-state index contributed by atoms with van der Waals surface area (Å²) in [7, 11) is 0. The molecule has 3 nitrogen and oxygen atoms in total. The van der Waals surface area contributed by atoms with Crippen molar-refractivity contribution in [1.82, 2.24) is 0 Å². The Morgan fingerprint density at radius 3 is 2.47 bits per heavy atom. The third-order valence-corrected chi connectivity index (χ3v) is 3.54. The van der Waals surface area contributed by atoms with Gasteiger partial charge in [-0.15, -0.1) is 0 Å². The fraction of sp³-hybridized carbons (Fsp3) is 0.500. The SMILES string of the molecule is CC1CCC(OC(=O)c2cc(F)c(N)cc2F)CC1. The van der Waals surface area contributed by atoms with Crippen LogP contribution < -0.4 is 5.73 Å². The molecule has 0 spiro atoms. The Kier molecular flexibility index (Phi) is 4.02. The van der Waals surface area contributed by atoms with Gasteiger partial charge < -0.3 is 10.5 Å². The number of benzene rings is 1. The normalized spacial score (nSPS) is 23.1. The van der Waals surface area contributed by atoms with Crippen LogP contribution in [0.4, 0.5) is 14.5 Å². The Bertz CT molecular complexity index is 483. The van der Waals surface area contributed by atoms with Crippen LogP contribution in [0.25, 0.3) is 0 Å². The Morgan fingerprint density at radius 1 is 1.21 bits per heavy atom. The van der Waals surface area contributed by atoms with E-state index in [9.17, 15) is 13.6 Å². The summed E-state index contributed by atoms with van der Waals surface area (Å²) in [6.45, 7) is 2.15. The zero-order valence-electron chi connectivity index (χ0n) is 10.8. The molecule has 1 aromatic rings. The fourth-order valence-electron chi connectivity index (χ4n) is 2.28. The summed E-state index contributed by atoms with van der Waals surface area (Å²) in [5.74, 6) is -1.87. The number of esters is 1. The van der Waals surface area contributed by atoms with Crippen LogP contribution in [0.5, 0.6) is 0 Å². The molecule has 19 heavy (non-hydrogen) atoms. The first-order chi connectivity index (χ1) is 8.97. The van der Waals surface area contributed by atoms with Crippen LogP contribution in [0.15, 0.2) is 12.1 Å². The van der Waals surface area contributed by atoms with Crippen molar-refractivity contribution in [2.24, 2.45) is 5.92 Å². The maximum atomic E-state index is 13.5. The molecular formula is C14H17F2NO2. The van der Waals surface area contributed by atoms with Crippen molar-refractivity contribution in [2.45, 2.75) is 38.7 Å². The molecule has 5 heteroatoms. The molecule has 2 rings (SSSR count). The molecule has 0 saturated heterocycles. The molecule has 0 aromatic heterocycles. The van der Waals surface area contributed by atoms with E-state index in [4.69, 9.17) is 10.5 Å². The van der Waals surface area contributed by atoms with Crippen molar-refractivity contribution >= 4 is 11.7 Å². The fourth-order valence-corrected chi connectivity index (χ4v) is 2.28. The Labute approximate surface area is 110 Å². The number of halogens is 2. The van der Waals surface area contributed by atoms with Gasteiger partial charge in [0, 0.05) is 6.07 Å². The smallest absolute Gasteiger partial charge is 0.341 e. The maximum Gasteiger partial charge on any atom is 0.341 e. The van der Waals surface area contributed by atoms with Crippen LogP contribution >= 0.6 is 0 Å². The van der Waals surface area contributed by atoms with Crippen LogP contribution in [0, 0.1) is 17.6 Å². The first kappa shape index (κ1) is 13.8. The lowest BCUT2D eigenvalue weighted by molar-refractivity contribution is 0.0168. The summed E-state index contributed by atoms with van der Waals surface area (Å²) in [6.07, 6.45) is 3.30. The second-order valence-corrected chi connectivity index (χ2v) is 5.14.